The quantitative estimate of drug-likeness (QED) is 0.0899. The van der Waals surface area contributed by atoms with Crippen molar-refractivity contribution in [1.29, 1.82) is 0 Å². The van der Waals surface area contributed by atoms with Crippen molar-refractivity contribution in [1.82, 2.24) is 10.6 Å². The van der Waals surface area contributed by atoms with E-state index in [1.165, 1.54) is 0 Å². The molecule has 19 nitrogen and oxygen atoms in total. The Morgan fingerprint density at radius 3 is 2.16 bits per heavy atom. The van der Waals surface area contributed by atoms with Crippen molar-refractivity contribution in [2.24, 2.45) is 22.9 Å². The highest BCUT2D eigenvalue weighted by atomic mass is 16.7. The van der Waals surface area contributed by atoms with E-state index >= 15 is 0 Å². The van der Waals surface area contributed by atoms with Crippen LogP contribution in [0.4, 0.5) is 0 Å². The number of hydrogen-bond acceptors (Lipinski definition) is 18. The number of carbonyl (C=O) groups is 1. The van der Waals surface area contributed by atoms with Crippen LogP contribution in [0.15, 0.2) is 0 Å². The smallest absolute Gasteiger partial charge is 0.250 e. The van der Waals surface area contributed by atoms with Crippen molar-refractivity contribution in [3.8, 4) is 0 Å². The van der Waals surface area contributed by atoms with Crippen molar-refractivity contribution in [2.45, 2.75) is 111 Å². The minimum Gasteiger partial charge on any atom is -0.394 e. The molecule has 252 valence electrons. The molecule has 19 heteroatoms. The summed E-state index contributed by atoms with van der Waals surface area (Å²) in [5.74, 6) is -0.876. The summed E-state index contributed by atoms with van der Waals surface area (Å²) in [7, 11) is 0. The Morgan fingerprint density at radius 2 is 1.53 bits per heavy atom. The zero-order chi connectivity index (χ0) is 32.0. The number of carbonyl (C=O) groups excluding carboxylic acids is 1. The predicted octanol–water partition coefficient (Wildman–Crippen LogP) is -8.83. The summed E-state index contributed by atoms with van der Waals surface area (Å²) in [5.41, 5.74) is 23.8. The fourth-order valence-corrected chi connectivity index (χ4v) is 5.34. The Bertz CT molecular complexity index is 867. The molecular weight excluding hydrogens is 580 g/mol. The Morgan fingerprint density at radius 1 is 0.884 bits per heavy atom. The monoisotopic (exact) mass is 628 g/mol. The second kappa shape index (κ2) is 16.4. The molecule has 0 radical (unpaired) electrons. The van der Waals surface area contributed by atoms with Gasteiger partial charge in [0.05, 0.1) is 49.7 Å². The molecule has 0 aromatic heterocycles. The van der Waals surface area contributed by atoms with Crippen LogP contribution in [0.1, 0.15) is 12.8 Å². The molecule has 2 heterocycles. The number of nitrogens with one attached hydrogen (secondary N) is 2. The largest absolute Gasteiger partial charge is 0.394 e. The maximum atomic E-state index is 12.5. The molecule has 43 heavy (non-hydrogen) atoms. The predicted molar refractivity (Wildman–Crippen MR) is 144 cm³/mol. The average Bonchev–Trinajstić information content (AvgIpc) is 2.98. The number of amides is 1. The van der Waals surface area contributed by atoms with E-state index in [1.807, 2.05) is 0 Å². The van der Waals surface area contributed by atoms with E-state index in [9.17, 15) is 40.5 Å². The minimum atomic E-state index is -1.63. The molecule has 18 N–H and O–H groups in total. The van der Waals surface area contributed by atoms with Crippen LogP contribution < -0.4 is 33.6 Å². The number of ether oxygens (including phenoxy) is 4. The maximum absolute atomic E-state index is 12.5. The summed E-state index contributed by atoms with van der Waals surface area (Å²) in [6.07, 6.45) is -15.7. The summed E-state index contributed by atoms with van der Waals surface area (Å²) in [6.45, 7) is -1.41. The fraction of sp³-hybridized carbons (Fsp3) is 0.958. The molecule has 0 bridgehead atoms. The molecule has 3 rings (SSSR count). The van der Waals surface area contributed by atoms with E-state index in [1.54, 1.807) is 0 Å². The highest BCUT2D eigenvalue weighted by molar-refractivity contribution is 5.81. The molecular formula is C24H48N6O13. The van der Waals surface area contributed by atoms with Crippen molar-refractivity contribution in [3.63, 3.8) is 0 Å². The van der Waals surface area contributed by atoms with E-state index in [4.69, 9.17) is 47.0 Å². The Kier molecular flexibility index (Phi) is 13.8. The van der Waals surface area contributed by atoms with Crippen LogP contribution in [0.5, 0.6) is 0 Å². The molecule has 16 atom stereocenters. The van der Waals surface area contributed by atoms with Gasteiger partial charge in [-0.1, -0.05) is 0 Å². The van der Waals surface area contributed by atoms with E-state index in [-0.39, 0.29) is 25.9 Å². The lowest BCUT2D eigenvalue weighted by Gasteiger charge is -2.48. The number of nitrogens with two attached hydrogens (primary N) is 4. The van der Waals surface area contributed by atoms with Crippen molar-refractivity contribution >= 4 is 5.91 Å². The molecule has 1 amide bonds. The second-order valence-electron chi connectivity index (χ2n) is 11.2. The zero-order valence-corrected chi connectivity index (χ0v) is 23.6. The molecule has 1 aliphatic carbocycles. The summed E-state index contributed by atoms with van der Waals surface area (Å²) in [6, 6.07) is -4.16. The number of rotatable bonds is 13. The first-order valence-electron chi connectivity index (χ1n) is 14.2. The third kappa shape index (κ3) is 8.95. The van der Waals surface area contributed by atoms with E-state index in [2.05, 4.69) is 10.6 Å². The van der Waals surface area contributed by atoms with Crippen LogP contribution in [-0.4, -0.2) is 177 Å². The average molecular weight is 629 g/mol. The molecule has 2 saturated heterocycles. The molecule has 0 aromatic rings. The SMILES string of the molecule is NC[C@H](O)C(=O)N[C@@H]1C[C@H](N)[C@@H](O[C@H]2O[C@H](CNCC(O)CO)[C@@H](O)C[C@H]2N)[C@H](O)[C@H]1O[C@H]1O[C@H](CO)[C@@H](O)[C@H](N)[C@H]1O. The first-order valence-corrected chi connectivity index (χ1v) is 14.2. The van der Waals surface area contributed by atoms with Crippen LogP contribution in [-0.2, 0) is 23.7 Å². The molecule has 1 unspecified atom stereocenters. The van der Waals surface area contributed by atoms with Crippen molar-refractivity contribution in [3.05, 3.63) is 0 Å². The topological polar surface area (TPSA) is 344 Å². The van der Waals surface area contributed by atoms with Gasteiger partial charge in [0, 0.05) is 25.7 Å². The van der Waals surface area contributed by atoms with Crippen LogP contribution in [0, 0.1) is 0 Å². The van der Waals surface area contributed by atoms with Gasteiger partial charge in [0.1, 0.15) is 42.7 Å². The van der Waals surface area contributed by atoms with Gasteiger partial charge in [-0.2, -0.15) is 0 Å². The van der Waals surface area contributed by atoms with Gasteiger partial charge in [-0.15, -0.1) is 0 Å². The third-order valence-electron chi connectivity index (χ3n) is 7.93. The standard InChI is InChI=1S/C24H48N6O13/c25-3-13(35)22(39)30-11-1-9(26)20(19(38)21(11)43-24-18(37)16(28)17(36)15(7-32)41-24)42-23-10(27)2-12(34)14(40-23)5-29-4-8(33)6-31/h8-21,23-24,29,31-38H,1-7,25-28H2,(H,30,39)/t8?,9-,10+,11+,12-,13-,14+,15+,16-,17+,18+,19-,20+,21-,23+,24+/m0/s1. The van der Waals surface area contributed by atoms with Gasteiger partial charge in [-0.3, -0.25) is 4.79 Å². The Hall–Kier alpha value is -1.21. The van der Waals surface area contributed by atoms with Gasteiger partial charge in [0.25, 0.3) is 0 Å². The first kappa shape index (κ1) is 36.3. The fourth-order valence-electron chi connectivity index (χ4n) is 5.34. The lowest BCUT2D eigenvalue weighted by molar-refractivity contribution is -0.316. The summed E-state index contributed by atoms with van der Waals surface area (Å²) >= 11 is 0. The van der Waals surface area contributed by atoms with Gasteiger partial charge in [0.2, 0.25) is 5.91 Å². The lowest BCUT2D eigenvalue weighted by Crippen LogP contribution is -2.69. The summed E-state index contributed by atoms with van der Waals surface area (Å²) in [5, 5.41) is 86.1. The molecule has 2 aliphatic heterocycles. The summed E-state index contributed by atoms with van der Waals surface area (Å²) in [4.78, 5) is 12.5. The Labute approximate surface area is 248 Å². The van der Waals surface area contributed by atoms with E-state index in [0.717, 1.165) is 0 Å². The van der Waals surface area contributed by atoms with E-state index < -0.39 is 123 Å². The van der Waals surface area contributed by atoms with Gasteiger partial charge in [-0.05, 0) is 12.8 Å². The minimum absolute atomic E-state index is 0.0325. The molecule has 3 fully saturated rings. The maximum Gasteiger partial charge on any atom is 0.250 e. The number of hydrogen-bond donors (Lipinski definition) is 14. The van der Waals surface area contributed by atoms with Gasteiger partial charge in [-0.25, -0.2) is 0 Å². The number of aliphatic hydroxyl groups excluding tert-OH is 8. The highest BCUT2D eigenvalue weighted by Crippen LogP contribution is 2.31. The first-order chi connectivity index (χ1) is 20.3. The summed E-state index contributed by atoms with van der Waals surface area (Å²) < 4.78 is 23.3. The second-order valence-corrected chi connectivity index (χ2v) is 11.2. The van der Waals surface area contributed by atoms with Crippen molar-refractivity contribution in [2.75, 3.05) is 32.8 Å². The Balaban J connectivity index is 1.78. The van der Waals surface area contributed by atoms with Gasteiger partial charge >= 0.3 is 0 Å². The van der Waals surface area contributed by atoms with Crippen LogP contribution in [0.3, 0.4) is 0 Å². The normalized spacial score (nSPS) is 43.6. The molecule has 3 aliphatic rings. The van der Waals surface area contributed by atoms with E-state index in [0.29, 0.717) is 0 Å². The molecule has 0 spiro atoms. The molecule has 1 saturated carbocycles. The highest BCUT2D eigenvalue weighted by Gasteiger charge is 2.51. The van der Waals surface area contributed by atoms with Crippen LogP contribution in [0.2, 0.25) is 0 Å². The van der Waals surface area contributed by atoms with Crippen LogP contribution >= 0.6 is 0 Å². The lowest BCUT2D eigenvalue weighted by atomic mass is 9.83. The van der Waals surface area contributed by atoms with Gasteiger partial charge < -0.3 is 93.4 Å². The van der Waals surface area contributed by atoms with Crippen molar-refractivity contribution < 1.29 is 64.6 Å². The third-order valence-corrected chi connectivity index (χ3v) is 7.93. The van der Waals surface area contributed by atoms with Gasteiger partial charge in [0.15, 0.2) is 12.6 Å². The molecule has 0 aromatic carbocycles. The zero-order valence-electron chi connectivity index (χ0n) is 23.6. The number of aliphatic hydroxyl groups is 8. The van der Waals surface area contributed by atoms with Crippen LogP contribution in [0.25, 0.3) is 0 Å².